The summed E-state index contributed by atoms with van der Waals surface area (Å²) in [6.45, 7) is 37.9. The van der Waals surface area contributed by atoms with Crippen LogP contribution >= 0.6 is 0 Å². The van der Waals surface area contributed by atoms with Gasteiger partial charge in [-0.25, -0.2) is 0 Å². The Morgan fingerprint density at radius 1 is 0.398 bits per heavy atom. The fraction of sp³-hybridized carbons (Fsp3) is 0.713. The first-order valence-electron chi connectivity index (χ1n) is 37.1. The molecule has 4 aromatic rings. The van der Waals surface area contributed by atoms with E-state index in [-0.39, 0.29) is 24.0 Å². The van der Waals surface area contributed by atoms with Gasteiger partial charge in [0.1, 0.15) is 0 Å². The molecule has 0 aliphatic heterocycles. The maximum atomic E-state index is 12.4. The lowest BCUT2D eigenvalue weighted by molar-refractivity contribution is -0.0876. The van der Waals surface area contributed by atoms with Crippen LogP contribution in [0.25, 0.3) is 16.3 Å². The molecule has 14 saturated carbocycles. The van der Waals surface area contributed by atoms with Crippen LogP contribution in [0.5, 0.6) is 0 Å². The monoisotopic (exact) mass is 1190 g/mol. The van der Waals surface area contributed by atoms with Gasteiger partial charge in [-0.05, 0) is 282 Å². The number of carbonyl (C=O) groups excluding carboxylic acids is 1. The minimum atomic E-state index is -0.0961. The number of benzene rings is 4. The van der Waals surface area contributed by atoms with E-state index >= 15 is 0 Å². The summed E-state index contributed by atoms with van der Waals surface area (Å²) in [6.07, 6.45) is 37.1. The predicted octanol–water partition coefficient (Wildman–Crippen LogP) is 24.8. The van der Waals surface area contributed by atoms with Crippen LogP contribution in [0, 0.1) is 122 Å². The van der Waals surface area contributed by atoms with Crippen molar-refractivity contribution in [2.75, 3.05) is 0 Å². The van der Waals surface area contributed by atoms with E-state index in [1.807, 2.05) is 36.4 Å². The molecule has 16 aliphatic rings. The number of hydrogen-bond donors (Lipinski definition) is 0. The van der Waals surface area contributed by atoms with Crippen LogP contribution in [0.2, 0.25) is 0 Å². The Labute approximate surface area is 539 Å². The van der Waals surface area contributed by atoms with Gasteiger partial charge in [-0.15, -0.1) is 0 Å². The first-order chi connectivity index (χ1) is 41.1. The minimum Gasteiger partial charge on any atom is -0.289 e. The molecule has 480 valence electrons. The van der Waals surface area contributed by atoms with Crippen molar-refractivity contribution in [3.05, 3.63) is 125 Å². The zero-order chi connectivity index (χ0) is 61.4. The van der Waals surface area contributed by atoms with Gasteiger partial charge >= 0.3 is 0 Å². The standard InChI is InChI=1S/C16H14O.C15H14.C14H22.2C12H20.C9H16.C8H16.CH4/c1-16(2)13-9-5-3-7-11(13)15(17)12-8-4-6-10-14(12)16;1-10-12-8-4-6-11-7-5-9-13(14(11)12)15(10,2)3;1-14(2)7-10-6-11(14)13-9-4-3-8(5-9)12(10)13;1-12(2)10-4-8-3-9(6-10)7-11(12)5-8;1-12(2)7-8-6-11(12)10-5-3-4-9(8)10;1-9(2)6-7-3-4-8(9)5-7;1-8(2)6-4-3-5-7-8;/h3-10H,1-2H3;4-9H,1H2,2-3H3;8-13H,3-7H2,1-2H3;2*8-11H,3-7H2,1-2H3;7-8H,3-6H2,1-2H3;3-7H2,1-2H3;1H4. The van der Waals surface area contributed by atoms with Gasteiger partial charge in [0.2, 0.25) is 0 Å². The summed E-state index contributed by atoms with van der Waals surface area (Å²) in [5.41, 5.74) is 11.4. The SMILES string of the molecule is C.C=C1c2cccc3cccc(c23)C1(C)C.CC1(C)C2CC3CC(C2)CC1C3.CC1(C)CC2CC1C1C3CCC(C3)C21.CC1(C)CC2CC1C1CCCC21.CC1(C)CC2CCC1C2.CC1(C)CCCCC1.CC1(C)c2ccccc2C(=O)c2ccccc21. The summed E-state index contributed by atoms with van der Waals surface area (Å²) in [6, 6.07) is 28.9. The topological polar surface area (TPSA) is 17.1 Å². The third-order valence-corrected chi connectivity index (χ3v) is 29.8. The number of ketones is 1. The fourth-order valence-corrected chi connectivity index (χ4v) is 25.1. The molecule has 0 spiro atoms. The second-order valence-corrected chi connectivity index (χ2v) is 37.6. The second kappa shape index (κ2) is 23.8. The molecule has 0 N–H and O–H groups in total. The fourth-order valence-electron chi connectivity index (χ4n) is 25.1. The summed E-state index contributed by atoms with van der Waals surface area (Å²) >= 11 is 0. The molecule has 16 aliphatic carbocycles. The van der Waals surface area contributed by atoms with Crippen LogP contribution in [0.4, 0.5) is 0 Å². The van der Waals surface area contributed by atoms with E-state index in [0.717, 1.165) is 87.4 Å². The van der Waals surface area contributed by atoms with Gasteiger partial charge in [0.25, 0.3) is 0 Å². The minimum absolute atomic E-state index is 0. The van der Waals surface area contributed by atoms with E-state index in [1.54, 1.807) is 103 Å². The van der Waals surface area contributed by atoms with E-state index in [0.29, 0.717) is 27.1 Å². The van der Waals surface area contributed by atoms with Gasteiger partial charge in [0, 0.05) is 22.0 Å². The molecule has 0 radical (unpaired) electrons. The highest BCUT2D eigenvalue weighted by atomic mass is 16.1. The van der Waals surface area contributed by atoms with Crippen molar-refractivity contribution in [3.8, 4) is 0 Å². The van der Waals surface area contributed by atoms with Crippen LogP contribution in [0.1, 0.15) is 297 Å². The van der Waals surface area contributed by atoms with Gasteiger partial charge in [-0.1, -0.05) is 228 Å². The largest absolute Gasteiger partial charge is 0.289 e. The molecule has 12 atom stereocenters. The Balaban J connectivity index is 0.000000101. The molecule has 12 unspecified atom stereocenters. The molecule has 0 saturated heterocycles. The lowest BCUT2D eigenvalue weighted by Crippen LogP contribution is -2.49. The number of rotatable bonds is 0. The van der Waals surface area contributed by atoms with Crippen molar-refractivity contribution in [1.29, 1.82) is 0 Å². The molecule has 0 amide bonds. The number of allylic oxidation sites excluding steroid dienone is 1. The molecular formula is C87H126O. The second-order valence-electron chi connectivity index (χ2n) is 37.6. The average Bonchev–Trinajstić information content (AvgIpc) is 1.45. The quantitative estimate of drug-likeness (QED) is 0.160. The van der Waals surface area contributed by atoms with E-state index in [1.165, 1.54) is 108 Å². The maximum Gasteiger partial charge on any atom is 0.193 e. The predicted molar refractivity (Wildman–Crippen MR) is 377 cm³/mol. The maximum absolute atomic E-state index is 12.4. The van der Waals surface area contributed by atoms with Gasteiger partial charge in [0.05, 0.1) is 0 Å². The van der Waals surface area contributed by atoms with Crippen molar-refractivity contribution >= 4 is 22.1 Å². The summed E-state index contributed by atoms with van der Waals surface area (Å²) in [7, 11) is 0. The lowest BCUT2D eigenvalue weighted by Gasteiger charge is -2.59. The average molecular weight is 1190 g/mol. The summed E-state index contributed by atoms with van der Waals surface area (Å²) < 4.78 is 0. The van der Waals surface area contributed by atoms with Crippen LogP contribution in [0.15, 0.2) is 91.5 Å². The lowest BCUT2D eigenvalue weighted by atomic mass is 9.46. The van der Waals surface area contributed by atoms with Crippen molar-refractivity contribution in [3.63, 3.8) is 0 Å². The van der Waals surface area contributed by atoms with Gasteiger partial charge < -0.3 is 0 Å². The highest BCUT2D eigenvalue weighted by molar-refractivity contribution is 6.13. The molecule has 4 aromatic carbocycles. The summed E-state index contributed by atoms with van der Waals surface area (Å²) in [4.78, 5) is 12.4. The van der Waals surface area contributed by atoms with E-state index < -0.39 is 0 Å². The Bertz CT molecular complexity index is 3070. The Kier molecular flexibility index (Phi) is 17.5. The molecule has 0 heterocycles. The first-order valence-corrected chi connectivity index (χ1v) is 37.1. The van der Waals surface area contributed by atoms with Crippen LogP contribution in [-0.2, 0) is 10.8 Å². The zero-order valence-electron chi connectivity index (χ0n) is 57.9. The Morgan fingerprint density at radius 3 is 1.48 bits per heavy atom. The summed E-state index contributed by atoms with van der Waals surface area (Å²) in [5.74, 6) is 18.4. The van der Waals surface area contributed by atoms with Crippen LogP contribution in [0.3, 0.4) is 0 Å². The van der Waals surface area contributed by atoms with Gasteiger partial charge in [0.15, 0.2) is 5.78 Å². The van der Waals surface area contributed by atoms with Crippen molar-refractivity contribution < 1.29 is 4.79 Å². The zero-order valence-corrected chi connectivity index (χ0v) is 57.9. The molecule has 12 bridgehead atoms. The normalized spacial score (nSPS) is 38.1. The molecular weight excluding hydrogens is 1060 g/mol. The molecule has 0 aromatic heterocycles. The Morgan fingerprint density at radius 2 is 0.920 bits per heavy atom. The molecule has 1 heteroatoms. The first kappa shape index (κ1) is 64.6. The van der Waals surface area contributed by atoms with Crippen LogP contribution < -0.4 is 0 Å². The van der Waals surface area contributed by atoms with Crippen molar-refractivity contribution in [2.45, 2.75) is 269 Å². The smallest absolute Gasteiger partial charge is 0.193 e. The molecule has 88 heavy (non-hydrogen) atoms. The highest BCUT2D eigenvalue weighted by Gasteiger charge is 2.64. The highest BCUT2D eigenvalue weighted by Crippen LogP contribution is 2.72. The molecule has 1 nitrogen and oxygen atoms in total. The van der Waals surface area contributed by atoms with E-state index in [9.17, 15) is 4.79 Å². The molecule has 14 fully saturated rings. The summed E-state index contributed by atoms with van der Waals surface area (Å²) in [5, 5.41) is 2.73. The number of fused-ring (bicyclic) bond motifs is 18. The van der Waals surface area contributed by atoms with Gasteiger partial charge in [-0.2, -0.15) is 0 Å². The molecule has 20 rings (SSSR count). The number of hydrogen-bond acceptors (Lipinski definition) is 1. The van der Waals surface area contributed by atoms with Gasteiger partial charge in [-0.3, -0.25) is 4.79 Å². The third-order valence-electron chi connectivity index (χ3n) is 29.8. The van der Waals surface area contributed by atoms with E-state index in [2.05, 4.69) is 152 Å². The van der Waals surface area contributed by atoms with Crippen molar-refractivity contribution in [1.82, 2.24) is 0 Å². The number of carbonyl (C=O) groups is 1. The third kappa shape index (κ3) is 11.6. The Hall–Kier alpha value is -3.45. The van der Waals surface area contributed by atoms with Crippen LogP contribution in [-0.4, -0.2) is 5.78 Å². The van der Waals surface area contributed by atoms with Crippen molar-refractivity contribution in [2.24, 2.45) is 122 Å². The van der Waals surface area contributed by atoms with E-state index in [4.69, 9.17) is 0 Å².